The lowest BCUT2D eigenvalue weighted by Crippen LogP contribution is -2.15. The zero-order chi connectivity index (χ0) is 10.1. The SMILES string of the molecule is CC1C(=O)OCC1Cc1cncn1C. The highest BCUT2D eigenvalue weighted by molar-refractivity contribution is 5.74. The van der Waals surface area contributed by atoms with Crippen LogP contribution in [0.15, 0.2) is 12.5 Å². The molecular weight excluding hydrogens is 180 g/mol. The van der Waals surface area contributed by atoms with Crippen LogP contribution >= 0.6 is 0 Å². The average Bonchev–Trinajstić information content (AvgIpc) is 2.68. The molecule has 0 amide bonds. The third kappa shape index (κ3) is 1.52. The molecule has 4 nitrogen and oxygen atoms in total. The zero-order valence-electron chi connectivity index (χ0n) is 8.43. The number of carbonyl (C=O) groups excluding carboxylic acids is 1. The van der Waals surface area contributed by atoms with Crippen LogP contribution in [0.3, 0.4) is 0 Å². The van der Waals surface area contributed by atoms with Crippen LogP contribution in [0.4, 0.5) is 0 Å². The molecule has 0 radical (unpaired) electrons. The lowest BCUT2D eigenvalue weighted by molar-refractivity contribution is -0.140. The highest BCUT2D eigenvalue weighted by Crippen LogP contribution is 2.24. The molecule has 2 rings (SSSR count). The van der Waals surface area contributed by atoms with Crippen molar-refractivity contribution in [2.45, 2.75) is 13.3 Å². The number of rotatable bonds is 2. The van der Waals surface area contributed by atoms with Crippen LogP contribution in [-0.4, -0.2) is 22.1 Å². The number of esters is 1. The van der Waals surface area contributed by atoms with E-state index in [2.05, 4.69) is 4.98 Å². The summed E-state index contributed by atoms with van der Waals surface area (Å²) in [5.74, 6) is 0.250. The number of aryl methyl sites for hydroxylation is 1. The summed E-state index contributed by atoms with van der Waals surface area (Å²) in [6.45, 7) is 2.47. The van der Waals surface area contributed by atoms with Crippen molar-refractivity contribution in [2.75, 3.05) is 6.61 Å². The molecular formula is C10H14N2O2. The molecule has 1 aromatic heterocycles. The first-order valence-electron chi connectivity index (χ1n) is 4.80. The number of imidazole rings is 1. The van der Waals surface area contributed by atoms with E-state index >= 15 is 0 Å². The van der Waals surface area contributed by atoms with E-state index in [1.54, 1.807) is 6.33 Å². The summed E-state index contributed by atoms with van der Waals surface area (Å²) in [7, 11) is 1.96. The monoisotopic (exact) mass is 194 g/mol. The molecule has 76 valence electrons. The first-order chi connectivity index (χ1) is 6.68. The minimum atomic E-state index is -0.0721. The second kappa shape index (κ2) is 3.44. The average molecular weight is 194 g/mol. The van der Waals surface area contributed by atoms with E-state index in [1.165, 1.54) is 0 Å². The van der Waals surface area contributed by atoms with Crippen LogP contribution in [0.25, 0.3) is 0 Å². The van der Waals surface area contributed by atoms with Crippen molar-refractivity contribution < 1.29 is 9.53 Å². The summed E-state index contributed by atoms with van der Waals surface area (Å²) >= 11 is 0. The lowest BCUT2D eigenvalue weighted by Gasteiger charge is -2.10. The predicted octanol–water partition coefficient (Wildman–Crippen LogP) is 0.772. The Hall–Kier alpha value is -1.32. The first kappa shape index (κ1) is 9.24. The molecule has 0 spiro atoms. The van der Waals surface area contributed by atoms with Crippen molar-refractivity contribution in [3.05, 3.63) is 18.2 Å². The molecule has 1 fully saturated rings. The maximum atomic E-state index is 11.2. The highest BCUT2D eigenvalue weighted by atomic mass is 16.5. The summed E-state index contributed by atoms with van der Waals surface area (Å²) < 4.78 is 6.98. The first-order valence-corrected chi connectivity index (χ1v) is 4.80. The minimum absolute atomic E-state index is 0.0184. The number of carbonyl (C=O) groups is 1. The Labute approximate surface area is 82.9 Å². The largest absolute Gasteiger partial charge is 0.465 e. The Kier molecular flexibility index (Phi) is 2.27. The fourth-order valence-electron chi connectivity index (χ4n) is 1.74. The van der Waals surface area contributed by atoms with Crippen molar-refractivity contribution in [1.82, 2.24) is 9.55 Å². The van der Waals surface area contributed by atoms with E-state index < -0.39 is 0 Å². The molecule has 0 aliphatic carbocycles. The molecule has 1 aliphatic rings. The fourth-order valence-corrected chi connectivity index (χ4v) is 1.74. The molecule has 0 aromatic carbocycles. The second-order valence-electron chi connectivity index (χ2n) is 3.88. The van der Waals surface area contributed by atoms with Crippen molar-refractivity contribution in [2.24, 2.45) is 18.9 Å². The molecule has 14 heavy (non-hydrogen) atoms. The van der Waals surface area contributed by atoms with Gasteiger partial charge in [0.15, 0.2) is 0 Å². The Morgan fingerprint density at radius 2 is 2.50 bits per heavy atom. The van der Waals surface area contributed by atoms with E-state index in [4.69, 9.17) is 4.74 Å². The highest BCUT2D eigenvalue weighted by Gasteiger charge is 2.33. The predicted molar refractivity (Wildman–Crippen MR) is 50.5 cm³/mol. The number of hydrogen-bond donors (Lipinski definition) is 0. The van der Waals surface area contributed by atoms with Gasteiger partial charge >= 0.3 is 5.97 Å². The quantitative estimate of drug-likeness (QED) is 0.653. The third-order valence-electron chi connectivity index (χ3n) is 2.91. The molecule has 1 aliphatic heterocycles. The Bertz CT molecular complexity index is 346. The Morgan fingerprint density at radius 3 is 3.00 bits per heavy atom. The van der Waals surface area contributed by atoms with Crippen molar-refractivity contribution >= 4 is 5.97 Å². The molecule has 2 unspecified atom stereocenters. The van der Waals surface area contributed by atoms with Gasteiger partial charge in [-0.25, -0.2) is 4.98 Å². The molecule has 2 atom stereocenters. The van der Waals surface area contributed by atoms with E-state index in [-0.39, 0.29) is 11.9 Å². The van der Waals surface area contributed by atoms with Gasteiger partial charge in [-0.15, -0.1) is 0 Å². The van der Waals surface area contributed by atoms with Crippen molar-refractivity contribution in [1.29, 1.82) is 0 Å². The van der Waals surface area contributed by atoms with Gasteiger partial charge in [0, 0.05) is 24.9 Å². The maximum Gasteiger partial charge on any atom is 0.309 e. The molecule has 1 saturated heterocycles. The topological polar surface area (TPSA) is 44.1 Å². The van der Waals surface area contributed by atoms with Crippen molar-refractivity contribution in [3.63, 3.8) is 0 Å². The van der Waals surface area contributed by atoms with Gasteiger partial charge in [-0.05, 0) is 6.42 Å². The number of nitrogens with zero attached hydrogens (tertiary/aromatic N) is 2. The summed E-state index contributed by atoms with van der Waals surface area (Å²) in [4.78, 5) is 15.2. The number of aromatic nitrogens is 2. The number of cyclic esters (lactones) is 1. The molecule has 2 heterocycles. The number of hydrogen-bond acceptors (Lipinski definition) is 3. The fraction of sp³-hybridized carbons (Fsp3) is 0.600. The van der Waals surface area contributed by atoms with E-state index in [1.807, 2.05) is 24.7 Å². The molecule has 1 aromatic rings. The second-order valence-corrected chi connectivity index (χ2v) is 3.88. The maximum absolute atomic E-state index is 11.2. The van der Waals surface area contributed by atoms with Gasteiger partial charge in [-0.1, -0.05) is 6.92 Å². The van der Waals surface area contributed by atoms with Gasteiger partial charge in [-0.2, -0.15) is 0 Å². The minimum Gasteiger partial charge on any atom is -0.465 e. The Morgan fingerprint density at radius 1 is 1.71 bits per heavy atom. The van der Waals surface area contributed by atoms with Gasteiger partial charge < -0.3 is 9.30 Å². The standard InChI is InChI=1S/C10H14N2O2/c1-7-8(5-14-10(7)13)3-9-4-11-6-12(9)2/h4,6-8H,3,5H2,1-2H3. The number of ether oxygens (including phenoxy) is 1. The van der Waals surface area contributed by atoms with Gasteiger partial charge in [0.25, 0.3) is 0 Å². The van der Waals surface area contributed by atoms with E-state index in [0.29, 0.717) is 12.5 Å². The Balaban J connectivity index is 2.05. The van der Waals surface area contributed by atoms with Crippen molar-refractivity contribution in [3.8, 4) is 0 Å². The summed E-state index contributed by atoms with van der Waals surface area (Å²) in [6.07, 6.45) is 4.48. The van der Waals surface area contributed by atoms with Gasteiger partial charge in [0.05, 0.1) is 18.9 Å². The van der Waals surface area contributed by atoms with E-state index in [0.717, 1.165) is 12.1 Å². The zero-order valence-corrected chi connectivity index (χ0v) is 8.43. The van der Waals surface area contributed by atoms with Crippen LogP contribution in [0.1, 0.15) is 12.6 Å². The molecule has 0 bridgehead atoms. The van der Waals surface area contributed by atoms with Gasteiger partial charge in [0.2, 0.25) is 0 Å². The molecule has 0 saturated carbocycles. The van der Waals surface area contributed by atoms with Gasteiger partial charge in [0.1, 0.15) is 0 Å². The van der Waals surface area contributed by atoms with Crippen LogP contribution in [0.5, 0.6) is 0 Å². The summed E-state index contributed by atoms with van der Waals surface area (Å²) in [5.41, 5.74) is 1.15. The smallest absolute Gasteiger partial charge is 0.309 e. The van der Waals surface area contributed by atoms with Crippen LogP contribution < -0.4 is 0 Å². The van der Waals surface area contributed by atoms with E-state index in [9.17, 15) is 4.79 Å². The third-order valence-corrected chi connectivity index (χ3v) is 2.91. The molecule has 0 N–H and O–H groups in total. The summed E-state index contributed by atoms with van der Waals surface area (Å²) in [6, 6.07) is 0. The van der Waals surface area contributed by atoms with Gasteiger partial charge in [-0.3, -0.25) is 4.79 Å². The summed E-state index contributed by atoms with van der Waals surface area (Å²) in [5, 5.41) is 0. The normalized spacial score (nSPS) is 26.6. The van der Waals surface area contributed by atoms with Crippen LogP contribution in [0.2, 0.25) is 0 Å². The van der Waals surface area contributed by atoms with Crippen LogP contribution in [0, 0.1) is 11.8 Å². The van der Waals surface area contributed by atoms with Crippen LogP contribution in [-0.2, 0) is 23.0 Å². The lowest BCUT2D eigenvalue weighted by atomic mass is 9.93. The molecule has 4 heteroatoms.